The van der Waals surface area contributed by atoms with Gasteiger partial charge in [0.2, 0.25) is 17.6 Å². The predicted octanol–water partition coefficient (Wildman–Crippen LogP) is 1.11. The number of carbonyl (C=O) groups is 3. The van der Waals surface area contributed by atoms with Crippen molar-refractivity contribution in [3.8, 4) is 45.0 Å². The number of tetrazole rings is 2. The Labute approximate surface area is 624 Å². The number of aromatic nitrogens is 12. The number of carbonyl (C=O) groups excluding carboxylic acids is 3. The number of halogens is 2. The van der Waals surface area contributed by atoms with Crippen LogP contribution in [-0.2, 0) is 59.9 Å². The molecule has 0 radical (unpaired) electrons. The number of aromatic amines is 2. The van der Waals surface area contributed by atoms with Crippen molar-refractivity contribution in [3.05, 3.63) is 177 Å². The summed E-state index contributed by atoms with van der Waals surface area (Å²) in [6, 6.07) is 39.3. The molecule has 10 rings (SSSR count). The van der Waals surface area contributed by atoms with Gasteiger partial charge in [0.15, 0.2) is 10.3 Å². The van der Waals surface area contributed by atoms with Gasteiger partial charge in [-0.1, -0.05) is 184 Å². The smallest absolute Gasteiger partial charge is 0.548 e. The summed E-state index contributed by atoms with van der Waals surface area (Å²) < 4.78 is 4.06. The predicted molar refractivity (Wildman–Crippen MR) is 335 cm³/mol. The monoisotopic (exact) mass is 1330 g/mol. The third kappa shape index (κ3) is 20.9. The average Bonchev–Trinajstić information content (AvgIpc) is 2.31. The largest absolute Gasteiger partial charge is 1.00 e. The number of hydrogen-bond acceptors (Lipinski definition) is 17. The number of carboxylic acid groups (broad SMARTS) is 2. The van der Waals surface area contributed by atoms with E-state index >= 15 is 0 Å². The molecule has 1 saturated heterocycles. The number of amides is 1. The number of benzene rings is 5. The fraction of sp³-hybridized carbons (Fsp3) is 0.369. The van der Waals surface area contributed by atoms with Crippen molar-refractivity contribution in [3.63, 3.8) is 0 Å². The van der Waals surface area contributed by atoms with Crippen LogP contribution in [0.1, 0.15) is 118 Å². The van der Waals surface area contributed by atoms with Crippen LogP contribution in [0.15, 0.2) is 127 Å². The van der Waals surface area contributed by atoms with Gasteiger partial charge in [0.05, 0.1) is 48.6 Å². The summed E-state index contributed by atoms with van der Waals surface area (Å²) in [5.74, 6) is -0.00571. The fourth-order valence-corrected chi connectivity index (χ4v) is 11.3. The van der Waals surface area contributed by atoms with Gasteiger partial charge in [-0.25, -0.2) is 9.97 Å². The van der Waals surface area contributed by atoms with E-state index in [0.717, 1.165) is 100 Å². The molecule has 5 aromatic carbocycles. The van der Waals surface area contributed by atoms with Crippen LogP contribution in [0.3, 0.4) is 0 Å². The van der Waals surface area contributed by atoms with Gasteiger partial charge >= 0.3 is 103 Å². The topological polar surface area (TPSA) is 324 Å². The number of nitrogens with one attached hydrogen (secondary N) is 3. The van der Waals surface area contributed by atoms with Gasteiger partial charge in [-0.2, -0.15) is 10.4 Å². The Bertz CT molecular complexity index is 3480. The molecule has 0 unspecified atom stereocenters. The second-order valence-corrected chi connectivity index (χ2v) is 22.3. The molecule has 5 heterocycles. The van der Waals surface area contributed by atoms with Crippen LogP contribution in [0.2, 0.25) is 10.3 Å². The van der Waals surface area contributed by atoms with Gasteiger partial charge in [0, 0.05) is 49.6 Å². The van der Waals surface area contributed by atoms with Crippen LogP contribution in [0, 0.1) is 0 Å². The number of H-pyrrole nitrogens is 2. The molecule has 26 heteroatoms. The number of imidazole rings is 2. The summed E-state index contributed by atoms with van der Waals surface area (Å²) in [4.78, 5) is 46.3. The molecule has 0 bridgehead atoms. The summed E-state index contributed by atoms with van der Waals surface area (Å²) in [6.45, 7) is 6.04. The molecule has 22 nitrogen and oxygen atoms in total. The summed E-state index contributed by atoms with van der Waals surface area (Å²) >= 11 is 12.5. The number of aliphatic carboxylic acids is 2. The fourth-order valence-electron chi connectivity index (χ4n) is 10.8. The average molecular weight is 1330 g/mol. The van der Waals surface area contributed by atoms with Crippen LogP contribution in [-0.4, -0.2) is 125 Å². The first-order chi connectivity index (χ1) is 43.3. The first-order valence-corrected chi connectivity index (χ1v) is 30.9. The van der Waals surface area contributed by atoms with Gasteiger partial charge in [-0.3, -0.25) is 10.1 Å². The van der Waals surface area contributed by atoms with E-state index in [9.17, 15) is 34.8 Å². The van der Waals surface area contributed by atoms with E-state index in [-0.39, 0.29) is 122 Å². The van der Waals surface area contributed by atoms with Crippen molar-refractivity contribution in [1.29, 1.82) is 0 Å². The number of likely N-dealkylation sites (tertiary alicyclic amines) is 1. The van der Waals surface area contributed by atoms with Gasteiger partial charge in [0.1, 0.15) is 11.6 Å². The van der Waals surface area contributed by atoms with Crippen molar-refractivity contribution < 1.29 is 138 Å². The molecule has 1 aliphatic rings. The van der Waals surface area contributed by atoms with Crippen LogP contribution in [0.5, 0.6) is 0 Å². The van der Waals surface area contributed by atoms with Crippen LogP contribution >= 0.6 is 23.2 Å². The Morgan fingerprint density at radius 3 is 1.51 bits per heavy atom. The number of hydrogen-bond donors (Lipinski definition) is 6. The van der Waals surface area contributed by atoms with Crippen molar-refractivity contribution in [2.24, 2.45) is 5.73 Å². The number of unbranched alkanes of at least 4 members (excludes halogenated alkanes) is 3. The van der Waals surface area contributed by atoms with Gasteiger partial charge < -0.3 is 49.8 Å². The second kappa shape index (κ2) is 38.8. The summed E-state index contributed by atoms with van der Waals surface area (Å²) in [6.07, 6.45) is 9.30. The Morgan fingerprint density at radius 2 is 1.09 bits per heavy atom. The first kappa shape index (κ1) is 74.8. The van der Waals surface area contributed by atoms with Crippen LogP contribution < -0.4 is 124 Å². The van der Waals surface area contributed by atoms with Crippen molar-refractivity contribution in [2.45, 2.75) is 142 Å². The normalized spacial score (nSPS) is 13.2. The minimum Gasteiger partial charge on any atom is -0.548 e. The number of aryl methyl sites for hydroxylation is 3. The zero-order chi connectivity index (χ0) is 63.1. The third-order valence-corrected chi connectivity index (χ3v) is 16.2. The Balaban J connectivity index is 0.000000215. The van der Waals surface area contributed by atoms with E-state index in [1.807, 2.05) is 88.0 Å². The van der Waals surface area contributed by atoms with Gasteiger partial charge in [0.25, 0.3) is 0 Å². The zero-order valence-electron chi connectivity index (χ0n) is 52.0. The molecule has 1 amide bonds. The van der Waals surface area contributed by atoms with E-state index in [1.165, 1.54) is 4.90 Å². The number of nitrogens with two attached hydrogens (primary N) is 1. The third-order valence-electron chi connectivity index (χ3n) is 15.6. The maximum Gasteiger partial charge on any atom is 1.00 e. The molecular formula is C65H75Cl2K2N15O7. The molecule has 9 aromatic rings. The first-order valence-electron chi connectivity index (χ1n) is 30.1. The zero-order valence-corrected chi connectivity index (χ0v) is 59.7. The quantitative estimate of drug-likeness (QED) is 0.0296. The summed E-state index contributed by atoms with van der Waals surface area (Å²) in [7, 11) is 0. The van der Waals surface area contributed by atoms with Crippen LogP contribution in [0.25, 0.3) is 45.0 Å². The number of carboxylic acids is 2. The molecule has 4 aromatic heterocycles. The molecule has 1 fully saturated rings. The Kier molecular flexibility index (Phi) is 31.9. The number of aliphatic hydroxyl groups excluding tert-OH is 2. The van der Waals surface area contributed by atoms with Crippen molar-refractivity contribution in [2.75, 3.05) is 13.1 Å². The molecule has 7 N–H and O–H groups in total. The van der Waals surface area contributed by atoms with Gasteiger partial charge in [-0.15, -0.1) is 20.4 Å². The van der Waals surface area contributed by atoms with Crippen molar-refractivity contribution >= 4 is 41.0 Å². The van der Waals surface area contributed by atoms with Crippen LogP contribution in [0.4, 0.5) is 0 Å². The Hall–Kier alpha value is -5.24. The molecule has 0 saturated carbocycles. The minimum absolute atomic E-state index is 0. The molecule has 0 aliphatic carbocycles. The maximum atomic E-state index is 13.0. The number of rotatable bonds is 28. The molecule has 3 atom stereocenters. The number of nitrogens with zero attached hydrogens (tertiary/aromatic N) is 11. The number of aliphatic hydroxyl groups is 2. The summed E-state index contributed by atoms with van der Waals surface area (Å²) in [5.41, 5.74) is 16.1. The second-order valence-electron chi connectivity index (χ2n) is 21.6. The molecule has 0 spiro atoms. The molecule has 468 valence electrons. The minimum atomic E-state index is -1.28. The van der Waals surface area contributed by atoms with E-state index < -0.39 is 36.0 Å². The standard InChI is InChI=1S/2C22H23ClN6O.C21H31N3O5.2K/c2*1-2-3-8-20-24-21(23)19(14-30)29(20)13-15-9-11-16(12-10-15)17-6-4-5-7-18(17)22-25-27-28-26-22;22-13-5-4-9-16(19(25)24-14-6-10-18(24)21(28)29)23-17(20(26)27)12-11-15-7-2-1-3-8-15;;/h2*4-7,9-12,30H,2-3,8,13-14H2,1H3,(H,25,26,27,28);1-3,7-8,16-18,23H,4-6,9-14,22H2,(H,26,27)(H,28,29);;/q;;;2*+1/p-2/t;;16-,17-,18-;;/m..0../s1. The van der Waals surface area contributed by atoms with E-state index in [0.29, 0.717) is 98.0 Å². The Morgan fingerprint density at radius 1 is 0.615 bits per heavy atom. The van der Waals surface area contributed by atoms with E-state index in [1.54, 1.807) is 0 Å². The molecular weight excluding hydrogens is 1250 g/mol. The van der Waals surface area contributed by atoms with E-state index in [4.69, 9.17) is 28.9 Å². The van der Waals surface area contributed by atoms with Crippen molar-refractivity contribution in [1.82, 2.24) is 70.6 Å². The SMILES string of the molecule is CCCCc1nc(Cl)c(CO)n1Cc1ccc(-c2ccccc2-c2nn[nH]n2)cc1.CCCCc1nc(Cl)c(CO)n1Cc1ccc(-c2ccccc2-c2nn[nH]n2)cc1.NCCCC[C@H](N[C@@H](CCc1ccccc1)C(=O)[O-])C(=O)N1CCC[C@H]1C(=O)[O-].[K+].[K+]. The van der Waals surface area contributed by atoms with E-state index in [2.05, 4.69) is 119 Å². The maximum absolute atomic E-state index is 13.0. The molecule has 91 heavy (non-hydrogen) atoms. The van der Waals surface area contributed by atoms with Gasteiger partial charge in [-0.05, 0) is 107 Å². The molecule has 1 aliphatic heterocycles. The summed E-state index contributed by atoms with van der Waals surface area (Å²) in [5, 5.41) is 75.0.